The van der Waals surface area contributed by atoms with Crippen LogP contribution in [0.15, 0.2) is 140 Å². The maximum atomic E-state index is 5.35. The van der Waals surface area contributed by atoms with Gasteiger partial charge in [-0.3, -0.25) is 4.40 Å². The molecule has 0 aliphatic heterocycles. The fraction of sp³-hybridized carbons (Fsp3) is 0. The van der Waals surface area contributed by atoms with Crippen molar-refractivity contribution < 1.29 is 0 Å². The zero-order valence-electron chi connectivity index (χ0n) is 22.1. The van der Waals surface area contributed by atoms with E-state index in [0.717, 1.165) is 44.4 Å². The van der Waals surface area contributed by atoms with Crippen molar-refractivity contribution in [3.63, 3.8) is 0 Å². The molecule has 0 saturated heterocycles. The quantitative estimate of drug-likeness (QED) is 0.167. The third-order valence-corrected chi connectivity index (χ3v) is 8.33. The first-order valence-corrected chi connectivity index (χ1v) is 13.9. The van der Waals surface area contributed by atoms with Gasteiger partial charge in [0.05, 0.1) is 22.2 Å². The van der Waals surface area contributed by atoms with Crippen LogP contribution in [0.2, 0.25) is 0 Å². The van der Waals surface area contributed by atoms with E-state index in [1.165, 1.54) is 38.1 Å². The second-order valence-electron chi connectivity index (χ2n) is 10.6. The number of nitrogens with zero attached hydrogens (tertiary/aromatic N) is 3. The van der Waals surface area contributed by atoms with Crippen LogP contribution in [-0.4, -0.2) is 14.4 Å². The zero-order chi connectivity index (χ0) is 26.9. The molecule has 9 aromatic rings. The standard InChI is InChI=1S/C38H23N3/c1-3-13-24(14-4-1)30-23-33(25-15-5-2-6-16-25)41-37(30)35-29-20-10-8-18-27(29)26-17-7-9-19-28(26)34(35)36-38(41)40-32-22-12-11-21-31(32)39-36/h1-23H. The Hall–Kier alpha value is -5.54. The lowest BCUT2D eigenvalue weighted by Crippen LogP contribution is -2.00. The lowest BCUT2D eigenvalue weighted by molar-refractivity contribution is 1.22. The average molecular weight is 522 g/mol. The number of aromatic nitrogens is 3. The lowest BCUT2D eigenvalue weighted by Gasteiger charge is -2.17. The summed E-state index contributed by atoms with van der Waals surface area (Å²) >= 11 is 0. The van der Waals surface area contributed by atoms with E-state index in [1.54, 1.807) is 0 Å². The van der Waals surface area contributed by atoms with Crippen molar-refractivity contribution >= 4 is 60.0 Å². The fourth-order valence-electron chi connectivity index (χ4n) is 6.58. The number of para-hydroxylation sites is 2. The van der Waals surface area contributed by atoms with E-state index in [0.29, 0.717) is 0 Å². The Morgan fingerprint density at radius 2 is 0.951 bits per heavy atom. The summed E-state index contributed by atoms with van der Waals surface area (Å²) in [5.41, 5.74) is 9.34. The second-order valence-corrected chi connectivity index (χ2v) is 10.6. The maximum Gasteiger partial charge on any atom is 0.165 e. The first kappa shape index (κ1) is 22.3. The molecular weight excluding hydrogens is 498 g/mol. The maximum absolute atomic E-state index is 5.35. The molecule has 0 amide bonds. The highest BCUT2D eigenvalue weighted by molar-refractivity contribution is 6.35. The summed E-state index contributed by atoms with van der Waals surface area (Å²) in [5, 5.41) is 7.24. The van der Waals surface area contributed by atoms with Gasteiger partial charge in [0, 0.05) is 16.3 Å². The fourth-order valence-corrected chi connectivity index (χ4v) is 6.58. The van der Waals surface area contributed by atoms with Crippen LogP contribution in [0.5, 0.6) is 0 Å². The average Bonchev–Trinajstić information content (AvgIpc) is 3.45. The number of rotatable bonds is 2. The number of hydrogen-bond acceptors (Lipinski definition) is 2. The highest BCUT2D eigenvalue weighted by Crippen LogP contribution is 2.45. The van der Waals surface area contributed by atoms with Gasteiger partial charge >= 0.3 is 0 Å². The van der Waals surface area contributed by atoms with Crippen LogP contribution in [0.4, 0.5) is 0 Å². The van der Waals surface area contributed by atoms with Crippen LogP contribution in [0.3, 0.4) is 0 Å². The van der Waals surface area contributed by atoms with E-state index in [4.69, 9.17) is 9.97 Å². The molecule has 0 N–H and O–H groups in total. The number of fused-ring (bicyclic) bond motifs is 12. The molecular formula is C38H23N3. The van der Waals surface area contributed by atoms with Gasteiger partial charge in [-0.25, -0.2) is 9.97 Å². The second kappa shape index (κ2) is 8.48. The molecule has 0 bridgehead atoms. The van der Waals surface area contributed by atoms with Crippen LogP contribution < -0.4 is 0 Å². The van der Waals surface area contributed by atoms with Crippen LogP contribution >= 0.6 is 0 Å². The molecule has 6 aromatic carbocycles. The molecule has 0 unspecified atom stereocenters. The van der Waals surface area contributed by atoms with Crippen molar-refractivity contribution in [2.24, 2.45) is 0 Å². The summed E-state index contributed by atoms with van der Waals surface area (Å²) in [4.78, 5) is 10.7. The Morgan fingerprint density at radius 1 is 0.439 bits per heavy atom. The molecule has 0 aliphatic carbocycles. The predicted octanol–water partition coefficient (Wildman–Crippen LogP) is 9.83. The molecule has 0 atom stereocenters. The molecule has 3 aromatic heterocycles. The number of pyridine rings is 1. The summed E-state index contributed by atoms with van der Waals surface area (Å²) in [5.74, 6) is 0. The molecule has 0 fully saturated rings. The Morgan fingerprint density at radius 3 is 1.61 bits per heavy atom. The molecule has 0 spiro atoms. The molecule has 0 saturated carbocycles. The van der Waals surface area contributed by atoms with E-state index in [9.17, 15) is 0 Å². The minimum atomic E-state index is 0.868. The summed E-state index contributed by atoms with van der Waals surface area (Å²) in [6.45, 7) is 0. The van der Waals surface area contributed by atoms with Crippen molar-refractivity contribution in [2.45, 2.75) is 0 Å². The van der Waals surface area contributed by atoms with E-state index in [1.807, 2.05) is 12.1 Å². The Bertz CT molecular complexity index is 2460. The van der Waals surface area contributed by atoms with Gasteiger partial charge in [0.15, 0.2) is 5.65 Å². The monoisotopic (exact) mass is 521 g/mol. The Kier molecular flexibility index (Phi) is 4.61. The first-order valence-electron chi connectivity index (χ1n) is 13.9. The molecule has 0 aliphatic rings. The largest absolute Gasteiger partial charge is 0.291 e. The Labute approximate surface area is 236 Å². The van der Waals surface area contributed by atoms with Crippen molar-refractivity contribution in [1.82, 2.24) is 14.4 Å². The number of hydrogen-bond donors (Lipinski definition) is 0. The molecule has 190 valence electrons. The summed E-state index contributed by atoms with van der Waals surface area (Å²) in [6, 6.07) is 49.4. The molecule has 3 heterocycles. The first-order chi connectivity index (χ1) is 20.4. The molecule has 0 radical (unpaired) electrons. The highest BCUT2D eigenvalue weighted by Gasteiger charge is 2.23. The van der Waals surface area contributed by atoms with Crippen LogP contribution in [-0.2, 0) is 0 Å². The van der Waals surface area contributed by atoms with Gasteiger partial charge in [0.1, 0.15) is 5.52 Å². The molecule has 3 heteroatoms. The minimum Gasteiger partial charge on any atom is -0.291 e. The molecule has 3 nitrogen and oxygen atoms in total. The predicted molar refractivity (Wildman–Crippen MR) is 171 cm³/mol. The SMILES string of the molecule is c1ccc(-c2cc(-c3ccccc3)n3c4nc5ccccc5nc4c4c5ccccc5c5ccccc5c4c23)cc1. The van der Waals surface area contributed by atoms with Crippen molar-refractivity contribution in [3.05, 3.63) is 140 Å². The van der Waals surface area contributed by atoms with Gasteiger partial charge in [-0.05, 0) is 50.9 Å². The summed E-state index contributed by atoms with van der Waals surface area (Å²) in [6.07, 6.45) is 0. The number of benzene rings is 6. The van der Waals surface area contributed by atoms with Gasteiger partial charge in [0.25, 0.3) is 0 Å². The third-order valence-electron chi connectivity index (χ3n) is 8.33. The van der Waals surface area contributed by atoms with Crippen LogP contribution in [0.25, 0.3) is 82.4 Å². The molecule has 9 rings (SSSR count). The topological polar surface area (TPSA) is 30.2 Å². The van der Waals surface area contributed by atoms with Crippen LogP contribution in [0.1, 0.15) is 0 Å². The molecule has 41 heavy (non-hydrogen) atoms. The van der Waals surface area contributed by atoms with Crippen molar-refractivity contribution in [1.29, 1.82) is 0 Å². The highest BCUT2D eigenvalue weighted by atomic mass is 15.0. The van der Waals surface area contributed by atoms with E-state index in [2.05, 4.69) is 132 Å². The van der Waals surface area contributed by atoms with Crippen molar-refractivity contribution in [2.75, 3.05) is 0 Å². The zero-order valence-corrected chi connectivity index (χ0v) is 22.1. The van der Waals surface area contributed by atoms with E-state index >= 15 is 0 Å². The lowest BCUT2D eigenvalue weighted by atomic mass is 9.92. The smallest absolute Gasteiger partial charge is 0.165 e. The summed E-state index contributed by atoms with van der Waals surface area (Å²) in [7, 11) is 0. The van der Waals surface area contributed by atoms with Crippen molar-refractivity contribution in [3.8, 4) is 22.4 Å². The third kappa shape index (κ3) is 3.14. The van der Waals surface area contributed by atoms with E-state index in [-0.39, 0.29) is 0 Å². The van der Waals surface area contributed by atoms with Gasteiger partial charge in [0.2, 0.25) is 0 Å². The van der Waals surface area contributed by atoms with Gasteiger partial charge in [-0.2, -0.15) is 0 Å². The summed E-state index contributed by atoms with van der Waals surface area (Å²) < 4.78 is 2.36. The van der Waals surface area contributed by atoms with E-state index < -0.39 is 0 Å². The normalized spacial score (nSPS) is 11.9. The minimum absolute atomic E-state index is 0.868. The van der Waals surface area contributed by atoms with Gasteiger partial charge in [-0.1, -0.05) is 121 Å². The van der Waals surface area contributed by atoms with Crippen LogP contribution in [0, 0.1) is 0 Å². The van der Waals surface area contributed by atoms with Gasteiger partial charge < -0.3 is 0 Å². The Balaban J connectivity index is 1.67. The van der Waals surface area contributed by atoms with Gasteiger partial charge in [-0.15, -0.1) is 0 Å².